The molecule has 162 valence electrons. The molecule has 4 heteroatoms. The van der Waals surface area contributed by atoms with Gasteiger partial charge in [0.2, 0.25) is 0 Å². The van der Waals surface area contributed by atoms with E-state index in [1.807, 2.05) is 85.0 Å². The van der Waals surface area contributed by atoms with Crippen molar-refractivity contribution < 1.29 is 9.59 Å². The fourth-order valence-electron chi connectivity index (χ4n) is 2.96. The molecular formula is C28H26O2S2. The Bertz CT molecular complexity index is 962. The fraction of sp³-hybridized carbons (Fsp3) is 0.143. The zero-order chi connectivity index (χ0) is 22.4. The maximum absolute atomic E-state index is 13.0. The summed E-state index contributed by atoms with van der Waals surface area (Å²) >= 11 is 3.24. The number of hydrogen-bond acceptors (Lipinski definition) is 4. The second kappa shape index (κ2) is 13.6. The number of carbonyl (C=O) groups is 2. The summed E-state index contributed by atoms with van der Waals surface area (Å²) in [5, 5.41) is 0. The predicted octanol–water partition coefficient (Wildman–Crippen LogP) is 7.14. The van der Waals surface area contributed by atoms with Crippen molar-refractivity contribution in [3.63, 3.8) is 0 Å². The molecule has 2 nitrogen and oxygen atoms in total. The Kier molecular flexibility index (Phi) is 10.1. The minimum absolute atomic E-state index is 0.249. The molecule has 1 saturated heterocycles. The maximum Gasteiger partial charge on any atom is 0.191 e. The lowest BCUT2D eigenvalue weighted by atomic mass is 10.1. The van der Waals surface area contributed by atoms with Crippen LogP contribution in [0.2, 0.25) is 0 Å². The molecule has 0 unspecified atom stereocenters. The van der Waals surface area contributed by atoms with Gasteiger partial charge in [-0.2, -0.15) is 0 Å². The Morgan fingerprint density at radius 3 is 1.50 bits per heavy atom. The van der Waals surface area contributed by atoms with E-state index < -0.39 is 0 Å². The van der Waals surface area contributed by atoms with E-state index in [1.165, 1.54) is 12.2 Å². The third-order valence-electron chi connectivity index (χ3n) is 4.60. The van der Waals surface area contributed by atoms with Crippen LogP contribution in [0.3, 0.4) is 0 Å². The van der Waals surface area contributed by atoms with Gasteiger partial charge in [-0.15, -0.1) is 23.5 Å². The van der Waals surface area contributed by atoms with Crippen molar-refractivity contribution in [3.8, 4) is 0 Å². The molecule has 1 fully saturated rings. The van der Waals surface area contributed by atoms with Crippen molar-refractivity contribution in [1.29, 1.82) is 0 Å². The Labute approximate surface area is 198 Å². The average molecular weight is 459 g/mol. The molecule has 0 aliphatic carbocycles. The molecule has 2 aromatic rings. The zero-order valence-electron chi connectivity index (χ0n) is 17.9. The summed E-state index contributed by atoms with van der Waals surface area (Å²) in [5.74, 6) is 1.37. The highest BCUT2D eigenvalue weighted by molar-refractivity contribution is 8.22. The van der Waals surface area contributed by atoms with E-state index in [1.54, 1.807) is 35.7 Å². The van der Waals surface area contributed by atoms with Crippen LogP contribution in [0.1, 0.15) is 24.0 Å². The number of hydrogen-bond donors (Lipinski definition) is 0. The van der Waals surface area contributed by atoms with Crippen molar-refractivity contribution >= 4 is 47.2 Å². The van der Waals surface area contributed by atoms with Crippen molar-refractivity contribution in [2.75, 3.05) is 11.5 Å². The van der Waals surface area contributed by atoms with Gasteiger partial charge in [0.1, 0.15) is 0 Å². The van der Waals surface area contributed by atoms with Crippen molar-refractivity contribution in [3.05, 3.63) is 118 Å². The number of rotatable bonds is 8. The molecule has 1 heterocycles. The van der Waals surface area contributed by atoms with E-state index in [-0.39, 0.29) is 17.1 Å². The van der Waals surface area contributed by atoms with Gasteiger partial charge in [-0.3, -0.25) is 9.59 Å². The Morgan fingerprint density at radius 2 is 1.06 bits per heavy atom. The highest BCUT2D eigenvalue weighted by atomic mass is 32.2. The predicted molar refractivity (Wildman–Crippen MR) is 140 cm³/mol. The van der Waals surface area contributed by atoms with Gasteiger partial charge in [0, 0.05) is 0 Å². The van der Waals surface area contributed by atoms with Crippen LogP contribution < -0.4 is 0 Å². The second-order valence-electron chi connectivity index (χ2n) is 7.05. The van der Waals surface area contributed by atoms with Crippen LogP contribution in [0.4, 0.5) is 0 Å². The summed E-state index contributed by atoms with van der Waals surface area (Å²) < 4.78 is 0.839. The first-order valence-corrected chi connectivity index (χ1v) is 12.6. The van der Waals surface area contributed by atoms with Crippen LogP contribution in [0.25, 0.3) is 12.2 Å². The number of thioether (sulfide) groups is 2. The van der Waals surface area contributed by atoms with E-state index in [9.17, 15) is 9.59 Å². The Hall–Kier alpha value is -2.82. The Balaban J connectivity index is 1.74. The van der Waals surface area contributed by atoms with Gasteiger partial charge in [-0.25, -0.2) is 0 Å². The quantitative estimate of drug-likeness (QED) is 0.182. The fourth-order valence-corrected chi connectivity index (χ4v) is 5.55. The monoisotopic (exact) mass is 458 g/mol. The minimum atomic E-state index is -0.249. The number of allylic oxidation sites excluding steroid dienone is 7. The molecule has 32 heavy (non-hydrogen) atoms. The SMILES string of the molecule is O=C(/C=C/C=C/c1ccccc1)C(C(=O)/C=C/C=C/c1ccccc1)=C1SCCCCS1. The number of carbonyl (C=O) groups excluding carboxylic acids is 2. The summed E-state index contributed by atoms with van der Waals surface area (Å²) in [4.78, 5) is 26.0. The molecular weight excluding hydrogens is 432 g/mol. The first kappa shape index (κ1) is 23.8. The molecule has 3 rings (SSSR count). The van der Waals surface area contributed by atoms with Gasteiger partial charge < -0.3 is 0 Å². The number of benzene rings is 2. The molecule has 0 saturated carbocycles. The minimum Gasteiger partial charge on any atom is -0.289 e. The van der Waals surface area contributed by atoms with E-state index in [4.69, 9.17) is 0 Å². The lowest BCUT2D eigenvalue weighted by molar-refractivity contribution is -0.116. The van der Waals surface area contributed by atoms with Crippen LogP contribution >= 0.6 is 23.5 Å². The second-order valence-corrected chi connectivity index (χ2v) is 9.52. The van der Waals surface area contributed by atoms with Crippen LogP contribution in [-0.2, 0) is 9.59 Å². The third-order valence-corrected chi connectivity index (χ3v) is 7.22. The van der Waals surface area contributed by atoms with Crippen LogP contribution in [0.15, 0.2) is 107 Å². The highest BCUT2D eigenvalue weighted by Crippen LogP contribution is 2.36. The summed E-state index contributed by atoms with van der Waals surface area (Å²) in [6.45, 7) is 0. The summed E-state index contributed by atoms with van der Waals surface area (Å²) in [6.07, 6.45) is 16.1. The molecule has 0 spiro atoms. The van der Waals surface area contributed by atoms with Crippen LogP contribution in [0, 0.1) is 0 Å². The molecule has 0 radical (unpaired) electrons. The van der Waals surface area contributed by atoms with Gasteiger partial charge >= 0.3 is 0 Å². The zero-order valence-corrected chi connectivity index (χ0v) is 19.5. The molecule has 0 atom stereocenters. The van der Waals surface area contributed by atoms with Gasteiger partial charge in [0.15, 0.2) is 11.6 Å². The lowest BCUT2D eigenvalue weighted by Crippen LogP contribution is -2.10. The molecule has 1 aliphatic heterocycles. The number of ketones is 2. The normalized spacial score (nSPS) is 15.1. The molecule has 1 aliphatic rings. The summed E-state index contributed by atoms with van der Waals surface area (Å²) in [7, 11) is 0. The smallest absolute Gasteiger partial charge is 0.191 e. The molecule has 2 aromatic carbocycles. The molecule has 0 N–H and O–H groups in total. The van der Waals surface area contributed by atoms with E-state index in [0.717, 1.165) is 39.7 Å². The van der Waals surface area contributed by atoms with E-state index >= 15 is 0 Å². The van der Waals surface area contributed by atoms with E-state index in [0.29, 0.717) is 0 Å². The molecule has 0 aromatic heterocycles. The Morgan fingerprint density at radius 1 is 0.625 bits per heavy atom. The van der Waals surface area contributed by atoms with Gasteiger partial charge in [-0.1, -0.05) is 97.1 Å². The summed E-state index contributed by atoms with van der Waals surface area (Å²) in [6, 6.07) is 19.8. The first-order valence-electron chi connectivity index (χ1n) is 10.6. The largest absolute Gasteiger partial charge is 0.289 e. The third kappa shape index (κ3) is 8.03. The molecule has 0 amide bonds. The van der Waals surface area contributed by atoms with Crippen molar-refractivity contribution in [1.82, 2.24) is 0 Å². The lowest BCUT2D eigenvalue weighted by Gasteiger charge is -2.07. The highest BCUT2D eigenvalue weighted by Gasteiger charge is 2.21. The summed E-state index contributed by atoms with van der Waals surface area (Å²) in [5.41, 5.74) is 2.39. The van der Waals surface area contributed by atoms with Crippen LogP contribution in [-0.4, -0.2) is 23.1 Å². The topological polar surface area (TPSA) is 34.1 Å². The maximum atomic E-state index is 13.0. The molecule has 0 bridgehead atoms. The van der Waals surface area contributed by atoms with Crippen LogP contribution in [0.5, 0.6) is 0 Å². The first-order chi connectivity index (χ1) is 15.7. The van der Waals surface area contributed by atoms with Gasteiger partial charge in [0.25, 0.3) is 0 Å². The standard InChI is InChI=1S/C28H26O2S2/c29-25(19-9-7-17-23-13-3-1-4-14-23)27(28-31-21-11-12-22-32-28)26(30)20-10-8-18-24-15-5-2-6-16-24/h1-10,13-20H,11-12,21-22H2/b17-7+,18-8+,19-9+,20-10+. The van der Waals surface area contributed by atoms with Crippen molar-refractivity contribution in [2.45, 2.75) is 12.8 Å². The average Bonchev–Trinajstić information content (AvgIpc) is 3.10. The van der Waals surface area contributed by atoms with E-state index in [2.05, 4.69) is 0 Å². The van der Waals surface area contributed by atoms with Gasteiger partial charge in [-0.05, 0) is 47.6 Å². The van der Waals surface area contributed by atoms with Crippen molar-refractivity contribution in [2.24, 2.45) is 0 Å². The van der Waals surface area contributed by atoms with Gasteiger partial charge in [0.05, 0.1) is 9.81 Å².